The van der Waals surface area contributed by atoms with Gasteiger partial charge in [0.25, 0.3) is 0 Å². The smallest absolute Gasteiger partial charge is 0.407 e. The second-order valence-electron chi connectivity index (χ2n) is 10.3. The highest BCUT2D eigenvalue weighted by Gasteiger charge is 2.58. The molecular formula is C23H32N2O3. The fraction of sp³-hybridized carbons (Fsp3) is 0.652. The highest BCUT2D eigenvalue weighted by Crippen LogP contribution is 2.58. The predicted molar refractivity (Wildman–Crippen MR) is 108 cm³/mol. The van der Waals surface area contributed by atoms with Gasteiger partial charge >= 0.3 is 6.09 Å². The van der Waals surface area contributed by atoms with Crippen LogP contribution in [0, 0.1) is 17.8 Å². The minimum absolute atomic E-state index is 0.0316. The van der Waals surface area contributed by atoms with Gasteiger partial charge in [-0.1, -0.05) is 45.0 Å². The maximum Gasteiger partial charge on any atom is 0.407 e. The van der Waals surface area contributed by atoms with Crippen LogP contribution in [0.25, 0.3) is 0 Å². The topological polar surface area (TPSA) is 58.6 Å². The van der Waals surface area contributed by atoms with Crippen LogP contribution in [-0.2, 0) is 14.9 Å². The normalized spacial score (nSPS) is 33.7. The van der Waals surface area contributed by atoms with Crippen LogP contribution < -0.4 is 5.32 Å². The molecular weight excluding hydrogens is 352 g/mol. The van der Waals surface area contributed by atoms with Crippen molar-refractivity contribution in [3.05, 3.63) is 35.4 Å². The van der Waals surface area contributed by atoms with Gasteiger partial charge in [0.05, 0.1) is 7.11 Å². The van der Waals surface area contributed by atoms with E-state index in [-0.39, 0.29) is 22.8 Å². The van der Waals surface area contributed by atoms with Gasteiger partial charge in [-0.2, -0.15) is 0 Å². The minimum atomic E-state index is -0.420. The zero-order valence-electron chi connectivity index (χ0n) is 17.6. The average Bonchev–Trinajstić information content (AvgIpc) is 3.11. The highest BCUT2D eigenvalue weighted by atomic mass is 16.5. The SMILES string of the molecule is COC(=O)N[C@]1(C)C[C@H](C(=O)N2C[C@@H]3[C@H](C2)[C@H]3c2ccc(C(C)(C)C)cc2)C1. The van der Waals surface area contributed by atoms with Crippen molar-refractivity contribution in [1.29, 1.82) is 0 Å². The van der Waals surface area contributed by atoms with Crippen LogP contribution in [-0.4, -0.2) is 42.6 Å². The van der Waals surface area contributed by atoms with Gasteiger partial charge in [-0.05, 0) is 54.1 Å². The zero-order valence-corrected chi connectivity index (χ0v) is 17.6. The Bertz CT molecular complexity index is 762. The summed E-state index contributed by atoms with van der Waals surface area (Å²) >= 11 is 0. The van der Waals surface area contributed by atoms with Crippen molar-refractivity contribution < 1.29 is 14.3 Å². The Morgan fingerprint density at radius 2 is 1.68 bits per heavy atom. The largest absolute Gasteiger partial charge is 0.453 e. The van der Waals surface area contributed by atoms with Crippen molar-refractivity contribution in [2.45, 2.75) is 57.4 Å². The molecule has 1 aliphatic heterocycles. The van der Waals surface area contributed by atoms with E-state index in [1.807, 2.05) is 6.92 Å². The quantitative estimate of drug-likeness (QED) is 0.865. The molecule has 0 radical (unpaired) electrons. The third kappa shape index (κ3) is 3.40. The molecule has 0 bridgehead atoms. The van der Waals surface area contributed by atoms with E-state index in [1.54, 1.807) is 0 Å². The monoisotopic (exact) mass is 384 g/mol. The van der Waals surface area contributed by atoms with Gasteiger partial charge in [-0.3, -0.25) is 4.79 Å². The van der Waals surface area contributed by atoms with Gasteiger partial charge in [-0.25, -0.2) is 4.79 Å². The van der Waals surface area contributed by atoms with Crippen LogP contribution in [0.4, 0.5) is 4.79 Å². The lowest BCUT2D eigenvalue weighted by Crippen LogP contribution is -2.58. The Labute approximate surface area is 167 Å². The molecule has 3 atom stereocenters. The van der Waals surface area contributed by atoms with Crippen LogP contribution in [0.3, 0.4) is 0 Å². The molecule has 1 saturated heterocycles. The molecule has 2 saturated carbocycles. The van der Waals surface area contributed by atoms with Gasteiger partial charge in [0, 0.05) is 24.5 Å². The number of hydrogen-bond donors (Lipinski definition) is 1. The molecule has 152 valence electrons. The summed E-state index contributed by atoms with van der Waals surface area (Å²) in [5, 5.41) is 2.85. The fourth-order valence-corrected chi connectivity index (χ4v) is 5.27. The van der Waals surface area contributed by atoms with E-state index < -0.39 is 6.09 Å². The lowest BCUT2D eigenvalue weighted by atomic mass is 9.69. The fourth-order valence-electron chi connectivity index (χ4n) is 5.27. The Balaban J connectivity index is 1.29. The van der Waals surface area contributed by atoms with E-state index >= 15 is 0 Å². The summed E-state index contributed by atoms with van der Waals surface area (Å²) in [6.45, 7) is 10.5. The van der Waals surface area contributed by atoms with Crippen molar-refractivity contribution in [2.75, 3.05) is 20.2 Å². The molecule has 1 aromatic rings. The van der Waals surface area contributed by atoms with E-state index in [2.05, 4.69) is 60.0 Å². The lowest BCUT2D eigenvalue weighted by molar-refractivity contribution is -0.140. The maximum absolute atomic E-state index is 12.8. The number of benzene rings is 1. The summed E-state index contributed by atoms with van der Waals surface area (Å²) in [7, 11) is 1.36. The molecule has 0 aromatic heterocycles. The number of likely N-dealkylation sites (tertiary alicyclic amines) is 1. The first kappa shape index (κ1) is 19.3. The summed E-state index contributed by atoms with van der Waals surface area (Å²) in [6, 6.07) is 9.09. The third-order valence-electron chi connectivity index (χ3n) is 7.00. The molecule has 4 rings (SSSR count). The molecule has 2 amide bonds. The lowest BCUT2D eigenvalue weighted by Gasteiger charge is -2.45. The molecule has 5 heteroatoms. The number of hydrogen-bond acceptors (Lipinski definition) is 3. The van der Waals surface area contributed by atoms with Crippen molar-refractivity contribution >= 4 is 12.0 Å². The number of carbonyl (C=O) groups excluding carboxylic acids is 2. The van der Waals surface area contributed by atoms with E-state index in [4.69, 9.17) is 0 Å². The van der Waals surface area contributed by atoms with Crippen LogP contribution in [0.5, 0.6) is 0 Å². The Kier molecular flexibility index (Phi) is 4.48. The Morgan fingerprint density at radius 1 is 1.11 bits per heavy atom. The summed E-state index contributed by atoms with van der Waals surface area (Å²) in [5.41, 5.74) is 2.66. The van der Waals surface area contributed by atoms with Crippen LogP contribution in [0.15, 0.2) is 24.3 Å². The minimum Gasteiger partial charge on any atom is -0.453 e. The van der Waals surface area contributed by atoms with Crippen LogP contribution in [0.1, 0.15) is 57.6 Å². The molecule has 28 heavy (non-hydrogen) atoms. The number of nitrogens with zero attached hydrogens (tertiary/aromatic N) is 1. The standard InChI is InChI=1S/C23H32N2O3/c1-22(2,3)16-8-6-14(7-9-16)19-17-12-25(13-18(17)19)20(26)15-10-23(4,11-15)24-21(27)28-5/h6-9,15,17-19H,10-13H2,1-5H3,(H,24,27)/t15-,17-,18+,19+,23+. The van der Waals surface area contributed by atoms with Gasteiger partial charge < -0.3 is 15.0 Å². The summed E-state index contributed by atoms with van der Waals surface area (Å²) in [5.74, 6) is 2.14. The van der Waals surface area contributed by atoms with Gasteiger partial charge in [-0.15, -0.1) is 0 Å². The number of amides is 2. The highest BCUT2D eigenvalue weighted by molar-refractivity contribution is 5.81. The number of nitrogens with one attached hydrogen (secondary N) is 1. The second-order valence-corrected chi connectivity index (χ2v) is 10.3. The molecule has 1 N–H and O–H groups in total. The number of carbonyl (C=O) groups is 2. The number of rotatable bonds is 3. The van der Waals surface area contributed by atoms with E-state index in [0.717, 1.165) is 13.1 Å². The zero-order chi connectivity index (χ0) is 20.3. The number of fused-ring (bicyclic) bond motifs is 1. The Morgan fingerprint density at radius 3 is 2.18 bits per heavy atom. The summed E-state index contributed by atoms with van der Waals surface area (Å²) < 4.78 is 4.67. The first-order chi connectivity index (χ1) is 13.1. The van der Waals surface area contributed by atoms with Crippen molar-refractivity contribution in [2.24, 2.45) is 17.8 Å². The van der Waals surface area contributed by atoms with Gasteiger partial charge in [0.2, 0.25) is 5.91 Å². The van der Waals surface area contributed by atoms with Crippen LogP contribution in [0.2, 0.25) is 0 Å². The van der Waals surface area contributed by atoms with Crippen molar-refractivity contribution in [3.63, 3.8) is 0 Å². The van der Waals surface area contributed by atoms with Crippen molar-refractivity contribution in [3.8, 4) is 0 Å². The van der Waals surface area contributed by atoms with Gasteiger partial charge in [0.1, 0.15) is 0 Å². The molecule has 3 aliphatic rings. The molecule has 1 heterocycles. The predicted octanol–water partition coefficient (Wildman–Crippen LogP) is 3.68. The molecule has 3 fully saturated rings. The van der Waals surface area contributed by atoms with E-state index in [1.165, 1.54) is 18.2 Å². The first-order valence-corrected chi connectivity index (χ1v) is 10.4. The van der Waals surface area contributed by atoms with E-state index in [9.17, 15) is 9.59 Å². The maximum atomic E-state index is 12.8. The Hall–Kier alpha value is -2.04. The average molecular weight is 385 g/mol. The number of methoxy groups -OCH3 is 1. The number of piperidine rings is 1. The second kappa shape index (κ2) is 6.50. The summed E-state index contributed by atoms with van der Waals surface area (Å²) in [6.07, 6.45) is 0.977. The molecule has 2 aliphatic carbocycles. The van der Waals surface area contributed by atoms with Gasteiger partial charge in [0.15, 0.2) is 0 Å². The first-order valence-electron chi connectivity index (χ1n) is 10.4. The third-order valence-corrected chi connectivity index (χ3v) is 7.00. The number of ether oxygens (including phenoxy) is 1. The number of alkyl carbamates (subject to hydrolysis) is 1. The molecule has 1 aromatic carbocycles. The molecule has 5 nitrogen and oxygen atoms in total. The van der Waals surface area contributed by atoms with Crippen molar-refractivity contribution in [1.82, 2.24) is 10.2 Å². The summed E-state index contributed by atoms with van der Waals surface area (Å²) in [4.78, 5) is 26.3. The molecule has 0 unspecified atom stereocenters. The molecule has 0 spiro atoms. The van der Waals surface area contributed by atoms with E-state index in [0.29, 0.717) is 30.6 Å². The van der Waals surface area contributed by atoms with Crippen LogP contribution >= 0.6 is 0 Å².